The predicted octanol–water partition coefficient (Wildman–Crippen LogP) is 0.941. The number of nitrogens with one attached hydrogen (secondary N) is 1. The third-order valence-electron chi connectivity index (χ3n) is 8.20. The highest BCUT2D eigenvalue weighted by Gasteiger charge is 2.48. The van der Waals surface area contributed by atoms with Gasteiger partial charge in [0.05, 0.1) is 6.33 Å². The molecule has 1 aromatic carbocycles. The Morgan fingerprint density at radius 1 is 1.05 bits per heavy atom. The molecule has 0 saturated carbocycles. The number of fused-ring (bicyclic) bond motifs is 1. The lowest BCUT2D eigenvalue weighted by molar-refractivity contribution is -0.143. The van der Waals surface area contributed by atoms with Crippen molar-refractivity contribution in [1.29, 1.82) is 0 Å². The molecule has 0 spiro atoms. The summed E-state index contributed by atoms with van der Waals surface area (Å²) in [5.74, 6) is -0.707. The molecule has 4 aromatic rings. The highest BCUT2D eigenvalue weighted by molar-refractivity contribution is 7.09. The van der Waals surface area contributed by atoms with Crippen LogP contribution in [-0.2, 0) is 27.3 Å². The number of carbonyl (C=O) groups is 2. The van der Waals surface area contributed by atoms with Crippen molar-refractivity contribution >= 4 is 40.1 Å². The number of aliphatic hydroxyl groups is 2. The standard InChI is InChI=1S/C30H36N8O5S/c31-26-22-27(33-17-32-26)38(18-34-22)30-24(40)23(39)25(43-30)28(41)35-21(10-9-19-6-2-1-3-7-19)29(42)37-12-5-11-36(13-14-37)16-20-8-4-15-44-20/h1-4,6-8,15,17-18,21,23-25,30,39-40H,5,9-14,16H2,(H,35,41)(H2,31,32,33)/t21-,23-,24+,25-,30+/m0/s1. The Morgan fingerprint density at radius 3 is 2.68 bits per heavy atom. The molecule has 14 heteroatoms. The Hall–Kier alpha value is -3.95. The van der Waals surface area contributed by atoms with E-state index in [0.29, 0.717) is 37.1 Å². The van der Waals surface area contributed by atoms with Crippen molar-refractivity contribution in [1.82, 2.24) is 34.6 Å². The number of aliphatic hydroxyl groups excluding tert-OH is 2. The third-order valence-corrected chi connectivity index (χ3v) is 9.06. The number of aromatic nitrogens is 4. The number of aryl methyl sites for hydroxylation is 1. The number of ether oxygens (including phenoxy) is 1. The monoisotopic (exact) mass is 620 g/mol. The first-order chi connectivity index (χ1) is 21.4. The maximum Gasteiger partial charge on any atom is 0.252 e. The fraction of sp³-hybridized carbons (Fsp3) is 0.433. The van der Waals surface area contributed by atoms with Crippen molar-refractivity contribution in [3.05, 3.63) is 70.9 Å². The Morgan fingerprint density at radius 2 is 1.89 bits per heavy atom. The van der Waals surface area contributed by atoms with E-state index in [-0.39, 0.29) is 11.7 Å². The molecule has 5 heterocycles. The van der Waals surface area contributed by atoms with Crippen LogP contribution in [0.3, 0.4) is 0 Å². The lowest BCUT2D eigenvalue weighted by atomic mass is 10.0. The number of amides is 2. The number of hydrogen-bond donors (Lipinski definition) is 4. The van der Waals surface area contributed by atoms with Crippen molar-refractivity contribution in [3.8, 4) is 0 Å². The summed E-state index contributed by atoms with van der Waals surface area (Å²) in [5.41, 5.74) is 7.53. The van der Waals surface area contributed by atoms with Gasteiger partial charge >= 0.3 is 0 Å². The van der Waals surface area contributed by atoms with E-state index in [2.05, 4.69) is 36.6 Å². The van der Waals surface area contributed by atoms with Gasteiger partial charge in [-0.1, -0.05) is 36.4 Å². The summed E-state index contributed by atoms with van der Waals surface area (Å²) >= 11 is 1.72. The number of nitrogen functional groups attached to an aromatic ring is 1. The molecule has 0 bridgehead atoms. The highest BCUT2D eigenvalue weighted by Crippen LogP contribution is 2.32. The maximum atomic E-state index is 13.9. The molecule has 0 aliphatic carbocycles. The lowest BCUT2D eigenvalue weighted by Crippen LogP contribution is -2.53. The third kappa shape index (κ3) is 6.44. The van der Waals surface area contributed by atoms with Gasteiger partial charge in [0.15, 0.2) is 23.8 Å². The summed E-state index contributed by atoms with van der Waals surface area (Å²) in [7, 11) is 0. The first-order valence-corrected chi connectivity index (χ1v) is 15.6. The SMILES string of the molecule is Nc1ncnc2c1ncn2[C@@H]1O[C@H](C(=O)N[C@@H](CCc2ccccc2)C(=O)N2CCCN(Cc3cccs3)CC2)[C@@H](O)[C@H]1O. The second-order valence-corrected chi connectivity index (χ2v) is 12.2. The van der Waals surface area contributed by atoms with Crippen LogP contribution in [0.15, 0.2) is 60.5 Å². The first kappa shape index (κ1) is 30.1. The van der Waals surface area contributed by atoms with E-state index >= 15 is 0 Å². The fourth-order valence-electron chi connectivity index (χ4n) is 5.82. The van der Waals surface area contributed by atoms with E-state index in [1.165, 1.54) is 22.1 Å². The minimum atomic E-state index is -1.55. The molecule has 5 atom stereocenters. The maximum absolute atomic E-state index is 13.9. The lowest BCUT2D eigenvalue weighted by Gasteiger charge is -2.28. The first-order valence-electron chi connectivity index (χ1n) is 14.7. The second-order valence-electron chi connectivity index (χ2n) is 11.1. The predicted molar refractivity (Wildman–Crippen MR) is 163 cm³/mol. The van der Waals surface area contributed by atoms with Crippen LogP contribution in [0.1, 0.15) is 29.5 Å². The van der Waals surface area contributed by atoms with Crippen LogP contribution < -0.4 is 11.1 Å². The molecule has 44 heavy (non-hydrogen) atoms. The second kappa shape index (κ2) is 13.4. The van der Waals surface area contributed by atoms with E-state index in [9.17, 15) is 19.8 Å². The van der Waals surface area contributed by atoms with E-state index < -0.39 is 36.5 Å². The topological polar surface area (TPSA) is 172 Å². The largest absolute Gasteiger partial charge is 0.387 e. The number of anilines is 1. The molecule has 6 rings (SSSR count). The summed E-state index contributed by atoms with van der Waals surface area (Å²) in [5, 5.41) is 26.7. The molecule has 0 unspecified atom stereocenters. The van der Waals surface area contributed by atoms with E-state index in [1.807, 2.05) is 41.3 Å². The van der Waals surface area contributed by atoms with Gasteiger partial charge in [-0.25, -0.2) is 15.0 Å². The molecule has 2 fully saturated rings. The number of nitrogens with zero attached hydrogens (tertiary/aromatic N) is 6. The van der Waals surface area contributed by atoms with E-state index in [0.717, 1.165) is 31.6 Å². The van der Waals surface area contributed by atoms with Crippen LogP contribution in [0.5, 0.6) is 0 Å². The van der Waals surface area contributed by atoms with Gasteiger partial charge in [0.25, 0.3) is 5.91 Å². The minimum Gasteiger partial charge on any atom is -0.387 e. The molecule has 2 aliphatic rings. The van der Waals surface area contributed by atoms with Crippen LogP contribution in [0, 0.1) is 0 Å². The molecule has 2 saturated heterocycles. The van der Waals surface area contributed by atoms with Crippen LogP contribution in [0.25, 0.3) is 11.2 Å². The molecular formula is C30H36N8O5S. The van der Waals surface area contributed by atoms with Gasteiger partial charge < -0.3 is 30.9 Å². The number of imidazole rings is 1. The highest BCUT2D eigenvalue weighted by atomic mass is 32.1. The minimum absolute atomic E-state index is 0.152. The quantitative estimate of drug-likeness (QED) is 0.211. The number of benzene rings is 1. The summed E-state index contributed by atoms with van der Waals surface area (Å²) in [6.07, 6.45) is -1.22. The zero-order valence-corrected chi connectivity index (χ0v) is 24.9. The number of thiophene rings is 1. The van der Waals surface area contributed by atoms with Gasteiger partial charge in [-0.15, -0.1) is 11.3 Å². The summed E-state index contributed by atoms with van der Waals surface area (Å²) in [4.78, 5) is 45.2. The summed E-state index contributed by atoms with van der Waals surface area (Å²) in [6, 6.07) is 13.1. The normalized spacial score (nSPS) is 23.5. The zero-order chi connectivity index (χ0) is 30.6. The molecular weight excluding hydrogens is 584 g/mol. The van der Waals surface area contributed by atoms with Crippen molar-refractivity contribution < 1.29 is 24.5 Å². The summed E-state index contributed by atoms with van der Waals surface area (Å²) in [6.45, 7) is 3.58. The molecule has 13 nitrogen and oxygen atoms in total. The average molecular weight is 621 g/mol. The molecule has 232 valence electrons. The van der Waals surface area contributed by atoms with Gasteiger partial charge in [0.2, 0.25) is 5.91 Å². The van der Waals surface area contributed by atoms with E-state index in [1.54, 1.807) is 11.3 Å². The van der Waals surface area contributed by atoms with Gasteiger partial charge in [0, 0.05) is 37.6 Å². The molecule has 2 amide bonds. The molecule has 0 radical (unpaired) electrons. The Labute approximate surface area is 258 Å². The number of carbonyl (C=O) groups excluding carboxylic acids is 2. The Kier molecular flexibility index (Phi) is 9.14. The summed E-state index contributed by atoms with van der Waals surface area (Å²) < 4.78 is 7.30. The average Bonchev–Trinajstić information content (AvgIpc) is 3.73. The smallest absolute Gasteiger partial charge is 0.252 e. The van der Waals surface area contributed by atoms with Crippen LogP contribution in [-0.4, -0.2) is 102 Å². The number of nitrogens with two attached hydrogens (primary N) is 1. The zero-order valence-electron chi connectivity index (χ0n) is 24.1. The van der Waals surface area contributed by atoms with Gasteiger partial charge in [-0.3, -0.25) is 19.1 Å². The van der Waals surface area contributed by atoms with Crippen molar-refractivity contribution in [3.63, 3.8) is 0 Å². The van der Waals surface area contributed by atoms with Crippen LogP contribution >= 0.6 is 11.3 Å². The van der Waals surface area contributed by atoms with Crippen molar-refractivity contribution in [2.45, 2.75) is 56.4 Å². The molecule has 5 N–H and O–H groups in total. The van der Waals surface area contributed by atoms with Gasteiger partial charge in [-0.05, 0) is 36.3 Å². The molecule has 3 aromatic heterocycles. The van der Waals surface area contributed by atoms with Crippen molar-refractivity contribution in [2.24, 2.45) is 0 Å². The van der Waals surface area contributed by atoms with Crippen LogP contribution in [0.2, 0.25) is 0 Å². The van der Waals surface area contributed by atoms with Gasteiger partial charge in [0.1, 0.15) is 30.1 Å². The Bertz CT molecular complexity index is 1570. The van der Waals surface area contributed by atoms with E-state index in [4.69, 9.17) is 10.5 Å². The fourth-order valence-corrected chi connectivity index (χ4v) is 6.57. The number of rotatable bonds is 9. The number of hydrogen-bond acceptors (Lipinski definition) is 11. The van der Waals surface area contributed by atoms with Crippen LogP contribution in [0.4, 0.5) is 5.82 Å². The van der Waals surface area contributed by atoms with Gasteiger partial charge in [-0.2, -0.15) is 0 Å². The molecule has 2 aliphatic heterocycles. The Balaban J connectivity index is 1.16. The van der Waals surface area contributed by atoms with Crippen molar-refractivity contribution in [2.75, 3.05) is 31.9 Å².